The third kappa shape index (κ3) is 6.16. The van der Waals surface area contributed by atoms with E-state index in [-0.39, 0.29) is 15.9 Å². The Kier molecular flexibility index (Phi) is 7.39. The quantitative estimate of drug-likeness (QED) is 0.324. The topological polar surface area (TPSA) is 158 Å². The molecule has 0 atom stereocenters. The molecule has 0 aliphatic carbocycles. The molecular formula is C20H16ClN7O4S. The van der Waals surface area contributed by atoms with Gasteiger partial charge in [-0.2, -0.15) is 10.4 Å². The van der Waals surface area contributed by atoms with E-state index in [0.29, 0.717) is 17.1 Å². The van der Waals surface area contributed by atoms with Crippen LogP contribution < -0.4 is 20.2 Å². The van der Waals surface area contributed by atoms with Crippen molar-refractivity contribution in [3.05, 3.63) is 65.9 Å². The van der Waals surface area contributed by atoms with Gasteiger partial charge >= 0.3 is 0 Å². The SMILES string of the molecule is COc1ccc(NC(=O)/C(C#N)=N/Nc2ccc(S(=O)(=O)Nc3ncccn3)cc2)cc1Cl. The van der Waals surface area contributed by atoms with Crippen LogP contribution in [0, 0.1) is 11.3 Å². The van der Waals surface area contributed by atoms with E-state index < -0.39 is 21.6 Å². The molecule has 0 saturated carbocycles. The van der Waals surface area contributed by atoms with Crippen molar-refractivity contribution < 1.29 is 17.9 Å². The van der Waals surface area contributed by atoms with Gasteiger partial charge in [-0.3, -0.25) is 10.2 Å². The fraction of sp³-hybridized carbons (Fsp3) is 0.0500. The number of aromatic nitrogens is 2. The summed E-state index contributed by atoms with van der Waals surface area (Å²) in [5.41, 5.74) is 2.77. The predicted octanol–water partition coefficient (Wildman–Crippen LogP) is 2.87. The number of anilines is 3. The summed E-state index contributed by atoms with van der Waals surface area (Å²) in [6.07, 6.45) is 2.81. The smallest absolute Gasteiger partial charge is 0.287 e. The Balaban J connectivity index is 1.67. The van der Waals surface area contributed by atoms with Gasteiger partial charge in [-0.05, 0) is 48.5 Å². The number of methoxy groups -OCH3 is 1. The van der Waals surface area contributed by atoms with Gasteiger partial charge in [0.25, 0.3) is 15.9 Å². The summed E-state index contributed by atoms with van der Waals surface area (Å²) in [5, 5.41) is 15.8. The Morgan fingerprint density at radius 1 is 1.12 bits per heavy atom. The molecule has 0 aliphatic heterocycles. The number of nitrogens with zero attached hydrogens (tertiary/aromatic N) is 4. The lowest BCUT2D eigenvalue weighted by Crippen LogP contribution is -2.22. The third-order valence-electron chi connectivity index (χ3n) is 3.98. The number of amides is 1. The maximum Gasteiger partial charge on any atom is 0.287 e. The fourth-order valence-corrected chi connectivity index (χ4v) is 3.64. The van der Waals surface area contributed by atoms with E-state index in [2.05, 4.69) is 30.5 Å². The molecule has 11 nitrogen and oxygen atoms in total. The molecule has 1 aromatic heterocycles. The van der Waals surface area contributed by atoms with Crippen LogP contribution in [0.2, 0.25) is 5.02 Å². The van der Waals surface area contributed by atoms with E-state index in [1.54, 1.807) is 24.3 Å². The number of nitrogens with one attached hydrogen (secondary N) is 3. The van der Waals surface area contributed by atoms with Gasteiger partial charge < -0.3 is 10.1 Å². The summed E-state index contributed by atoms with van der Waals surface area (Å²) in [4.78, 5) is 19.9. The number of hydrazone groups is 1. The van der Waals surface area contributed by atoms with E-state index in [9.17, 15) is 18.5 Å². The second kappa shape index (κ2) is 10.4. The van der Waals surface area contributed by atoms with Crippen LogP contribution in [-0.4, -0.2) is 37.1 Å². The minimum atomic E-state index is -3.90. The van der Waals surface area contributed by atoms with Gasteiger partial charge in [0.15, 0.2) is 0 Å². The third-order valence-corrected chi connectivity index (χ3v) is 5.62. The second-order valence-electron chi connectivity index (χ2n) is 6.19. The van der Waals surface area contributed by atoms with E-state index >= 15 is 0 Å². The highest BCUT2D eigenvalue weighted by Gasteiger charge is 2.16. The molecule has 0 unspecified atom stereocenters. The number of ether oxygens (including phenoxy) is 1. The van der Waals surface area contributed by atoms with Crippen molar-refractivity contribution in [3.8, 4) is 11.8 Å². The number of halogens is 1. The minimum absolute atomic E-state index is 0.0425. The summed E-state index contributed by atoms with van der Waals surface area (Å²) in [5.74, 6) is -0.396. The molecule has 3 aromatic rings. The molecule has 2 aromatic carbocycles. The number of rotatable bonds is 8. The number of benzene rings is 2. The van der Waals surface area contributed by atoms with Crippen LogP contribution in [0.3, 0.4) is 0 Å². The van der Waals surface area contributed by atoms with Gasteiger partial charge in [-0.15, -0.1) is 0 Å². The molecule has 0 fully saturated rings. The first kappa shape index (κ1) is 23.5. The number of nitriles is 1. The average Bonchev–Trinajstić information content (AvgIpc) is 2.80. The van der Waals surface area contributed by atoms with Crippen LogP contribution in [-0.2, 0) is 14.8 Å². The lowest BCUT2D eigenvalue weighted by molar-refractivity contribution is -0.110. The number of hydrogen-bond donors (Lipinski definition) is 3. The van der Waals surface area contributed by atoms with Crippen molar-refractivity contribution in [2.24, 2.45) is 5.10 Å². The van der Waals surface area contributed by atoms with E-state index in [1.165, 1.54) is 49.8 Å². The zero-order valence-corrected chi connectivity index (χ0v) is 18.6. The number of hydrogen-bond acceptors (Lipinski definition) is 9. The number of carbonyl (C=O) groups excluding carboxylic acids is 1. The molecule has 168 valence electrons. The van der Waals surface area contributed by atoms with Crippen molar-refractivity contribution in [2.75, 3.05) is 22.6 Å². The van der Waals surface area contributed by atoms with Crippen LogP contribution in [0.1, 0.15) is 0 Å². The molecule has 0 aliphatic rings. The van der Waals surface area contributed by atoms with Crippen molar-refractivity contribution >= 4 is 50.6 Å². The molecule has 13 heteroatoms. The first-order valence-corrected chi connectivity index (χ1v) is 11.0. The largest absolute Gasteiger partial charge is 0.495 e. The first-order chi connectivity index (χ1) is 15.8. The second-order valence-corrected chi connectivity index (χ2v) is 8.28. The van der Waals surface area contributed by atoms with Crippen LogP contribution in [0.25, 0.3) is 0 Å². The van der Waals surface area contributed by atoms with Gasteiger partial charge in [-0.25, -0.2) is 23.1 Å². The normalized spacial score (nSPS) is 11.2. The highest BCUT2D eigenvalue weighted by Crippen LogP contribution is 2.27. The molecule has 3 N–H and O–H groups in total. The van der Waals surface area contributed by atoms with Crippen molar-refractivity contribution in [1.29, 1.82) is 5.26 Å². The summed E-state index contributed by atoms with van der Waals surface area (Å²) >= 11 is 6.02. The summed E-state index contributed by atoms with van der Waals surface area (Å²) in [6, 6.07) is 13.3. The zero-order valence-electron chi connectivity index (χ0n) is 17.0. The van der Waals surface area contributed by atoms with E-state index in [1.807, 2.05) is 0 Å². The van der Waals surface area contributed by atoms with Crippen LogP contribution in [0.15, 0.2) is 70.9 Å². The van der Waals surface area contributed by atoms with E-state index in [0.717, 1.165) is 0 Å². The lowest BCUT2D eigenvalue weighted by Gasteiger charge is -2.08. The average molecular weight is 486 g/mol. The fourth-order valence-electron chi connectivity index (χ4n) is 2.42. The molecule has 0 spiro atoms. The Morgan fingerprint density at radius 2 is 1.79 bits per heavy atom. The van der Waals surface area contributed by atoms with Crippen molar-refractivity contribution in [2.45, 2.75) is 4.90 Å². The van der Waals surface area contributed by atoms with Crippen molar-refractivity contribution in [1.82, 2.24) is 9.97 Å². The summed E-state index contributed by atoms with van der Waals surface area (Å²) in [6.45, 7) is 0. The highest BCUT2D eigenvalue weighted by molar-refractivity contribution is 7.92. The molecule has 1 amide bonds. The van der Waals surface area contributed by atoms with Gasteiger partial charge in [0.05, 0.1) is 22.7 Å². The Morgan fingerprint density at radius 3 is 2.39 bits per heavy atom. The first-order valence-electron chi connectivity index (χ1n) is 9.11. The Bertz CT molecular complexity index is 1320. The van der Waals surface area contributed by atoms with Gasteiger partial charge in [-0.1, -0.05) is 11.6 Å². The van der Waals surface area contributed by atoms with Crippen LogP contribution >= 0.6 is 11.6 Å². The van der Waals surface area contributed by atoms with Crippen LogP contribution in [0.4, 0.5) is 17.3 Å². The standard InChI is InChI=1S/C20H16ClN7O4S/c1-32-18-8-5-14(11-16(18)21)25-19(29)17(12-22)27-26-13-3-6-15(7-4-13)33(30,31)28-20-23-9-2-10-24-20/h2-11,26H,1H3,(H,25,29)(H,23,24,28)/b27-17+. The molecular weight excluding hydrogens is 470 g/mol. The summed E-state index contributed by atoms with van der Waals surface area (Å²) < 4.78 is 32.1. The van der Waals surface area contributed by atoms with Gasteiger partial charge in [0, 0.05) is 18.1 Å². The van der Waals surface area contributed by atoms with Crippen LogP contribution in [0.5, 0.6) is 5.75 Å². The Hall–Kier alpha value is -4.21. The number of sulfonamides is 1. The predicted molar refractivity (Wildman–Crippen MR) is 123 cm³/mol. The molecule has 0 radical (unpaired) electrons. The highest BCUT2D eigenvalue weighted by atomic mass is 35.5. The molecule has 33 heavy (non-hydrogen) atoms. The molecule has 0 bridgehead atoms. The molecule has 0 saturated heterocycles. The minimum Gasteiger partial charge on any atom is -0.495 e. The Labute approximate surface area is 194 Å². The maximum atomic E-state index is 12.4. The lowest BCUT2D eigenvalue weighted by atomic mass is 10.3. The monoisotopic (exact) mass is 485 g/mol. The number of carbonyl (C=O) groups is 1. The van der Waals surface area contributed by atoms with Gasteiger partial charge in [0.2, 0.25) is 11.7 Å². The molecule has 3 rings (SSSR count). The van der Waals surface area contributed by atoms with E-state index in [4.69, 9.17) is 16.3 Å². The zero-order chi connectivity index (χ0) is 23.8. The van der Waals surface area contributed by atoms with Crippen molar-refractivity contribution in [3.63, 3.8) is 0 Å². The van der Waals surface area contributed by atoms with Gasteiger partial charge in [0.1, 0.15) is 11.8 Å². The maximum absolute atomic E-state index is 12.4. The molecule has 1 heterocycles. The summed E-state index contributed by atoms with van der Waals surface area (Å²) in [7, 11) is -2.44.